The van der Waals surface area contributed by atoms with Crippen LogP contribution in [0.1, 0.15) is 18.5 Å². The second-order valence-corrected chi connectivity index (χ2v) is 7.23. The number of rotatable bonds is 3. The predicted octanol–water partition coefficient (Wildman–Crippen LogP) is 1.96. The molecule has 1 amide bonds. The number of imidazole rings is 1. The van der Waals surface area contributed by atoms with Crippen molar-refractivity contribution in [1.82, 2.24) is 14.5 Å². The number of hydrogen-bond acceptors (Lipinski definition) is 4. The number of anilines is 1. The van der Waals surface area contributed by atoms with Crippen LogP contribution in [0, 0.1) is 5.82 Å². The number of carbonyl (C=O) groups excluding carboxylic acids is 1. The molecule has 0 unspecified atom stereocenters. The zero-order valence-electron chi connectivity index (χ0n) is 14.9. The Morgan fingerprint density at radius 1 is 1.23 bits per heavy atom. The highest BCUT2D eigenvalue weighted by molar-refractivity contribution is 5.95. The molecular weight excluding hydrogens is 335 g/mol. The molecule has 2 fully saturated rings. The van der Waals surface area contributed by atoms with Crippen LogP contribution in [-0.2, 0) is 23.1 Å². The highest BCUT2D eigenvalue weighted by Gasteiger charge is 2.42. The monoisotopic (exact) mass is 358 g/mol. The van der Waals surface area contributed by atoms with Crippen molar-refractivity contribution < 1.29 is 13.9 Å². The van der Waals surface area contributed by atoms with Gasteiger partial charge in [0.15, 0.2) is 0 Å². The van der Waals surface area contributed by atoms with Gasteiger partial charge in [-0.1, -0.05) is 0 Å². The van der Waals surface area contributed by atoms with Gasteiger partial charge >= 0.3 is 0 Å². The number of piperidine rings is 1. The number of morpholine rings is 1. The van der Waals surface area contributed by atoms with Crippen LogP contribution in [0.25, 0.3) is 0 Å². The number of aromatic nitrogens is 2. The summed E-state index contributed by atoms with van der Waals surface area (Å²) in [6.07, 6.45) is 5.59. The van der Waals surface area contributed by atoms with E-state index in [4.69, 9.17) is 4.74 Å². The zero-order valence-corrected chi connectivity index (χ0v) is 14.9. The Balaban J connectivity index is 1.41. The molecule has 1 spiro atoms. The van der Waals surface area contributed by atoms with E-state index in [9.17, 15) is 9.18 Å². The fraction of sp³-hybridized carbons (Fsp3) is 0.474. The molecule has 138 valence electrons. The number of carbonyl (C=O) groups is 1. The summed E-state index contributed by atoms with van der Waals surface area (Å²) in [7, 11) is 1.97. The molecule has 26 heavy (non-hydrogen) atoms. The minimum absolute atomic E-state index is 0.0712. The Hall–Kier alpha value is -2.25. The second-order valence-electron chi connectivity index (χ2n) is 7.23. The average Bonchev–Trinajstić information content (AvgIpc) is 3.05. The molecule has 0 radical (unpaired) electrons. The van der Waals surface area contributed by atoms with Crippen molar-refractivity contribution in [3.8, 4) is 0 Å². The van der Waals surface area contributed by atoms with E-state index in [0.717, 1.165) is 43.9 Å². The quantitative estimate of drug-likeness (QED) is 0.842. The van der Waals surface area contributed by atoms with Crippen LogP contribution < -0.4 is 4.90 Å². The first-order valence-corrected chi connectivity index (χ1v) is 8.92. The number of amides is 1. The Morgan fingerprint density at radius 2 is 1.96 bits per heavy atom. The predicted molar refractivity (Wildman–Crippen MR) is 95.2 cm³/mol. The van der Waals surface area contributed by atoms with Crippen molar-refractivity contribution in [2.24, 2.45) is 7.05 Å². The Kier molecular flexibility index (Phi) is 4.50. The summed E-state index contributed by atoms with van der Waals surface area (Å²) < 4.78 is 21.1. The van der Waals surface area contributed by atoms with E-state index in [1.165, 1.54) is 12.1 Å². The lowest BCUT2D eigenvalue weighted by Crippen LogP contribution is -2.58. The third kappa shape index (κ3) is 3.50. The number of halogens is 1. The van der Waals surface area contributed by atoms with Crippen LogP contribution in [0.4, 0.5) is 10.1 Å². The van der Waals surface area contributed by atoms with Crippen LogP contribution in [0.2, 0.25) is 0 Å². The molecule has 2 aliphatic heterocycles. The maximum absolute atomic E-state index is 13.2. The first kappa shape index (κ1) is 17.2. The molecule has 2 saturated heterocycles. The molecule has 2 aromatic rings. The first-order valence-electron chi connectivity index (χ1n) is 8.92. The zero-order chi connectivity index (χ0) is 18.1. The standard InChI is InChI=1S/C19H23FN4O2/c1-22-10-16(21-14-22)11-23-8-6-19(7-9-23)13-24(18(25)12-26-19)17-4-2-15(20)3-5-17/h2-5,10,14H,6-9,11-13H2,1H3. The minimum atomic E-state index is -0.317. The van der Waals surface area contributed by atoms with Gasteiger partial charge in [0.05, 0.1) is 24.2 Å². The van der Waals surface area contributed by atoms with Gasteiger partial charge in [-0.25, -0.2) is 9.37 Å². The molecule has 6 nitrogen and oxygen atoms in total. The summed E-state index contributed by atoms with van der Waals surface area (Å²) in [6.45, 7) is 3.24. The Morgan fingerprint density at radius 3 is 2.62 bits per heavy atom. The van der Waals surface area contributed by atoms with Gasteiger partial charge in [0.2, 0.25) is 0 Å². The Labute approximate surface area is 152 Å². The van der Waals surface area contributed by atoms with Gasteiger partial charge in [0.1, 0.15) is 12.4 Å². The molecule has 0 saturated carbocycles. The summed E-state index contributed by atoms with van der Waals surface area (Å²) in [5.41, 5.74) is 1.48. The molecule has 3 heterocycles. The SMILES string of the molecule is Cn1cnc(CN2CCC3(CC2)CN(c2ccc(F)cc2)C(=O)CO3)c1. The van der Waals surface area contributed by atoms with E-state index in [2.05, 4.69) is 9.88 Å². The topological polar surface area (TPSA) is 50.6 Å². The fourth-order valence-corrected chi connectivity index (χ4v) is 3.77. The van der Waals surface area contributed by atoms with Crippen molar-refractivity contribution in [3.05, 3.63) is 48.3 Å². The highest BCUT2D eigenvalue weighted by Crippen LogP contribution is 2.33. The van der Waals surface area contributed by atoms with Gasteiger partial charge in [0, 0.05) is 38.6 Å². The van der Waals surface area contributed by atoms with E-state index >= 15 is 0 Å². The van der Waals surface area contributed by atoms with E-state index in [0.29, 0.717) is 6.54 Å². The van der Waals surface area contributed by atoms with Gasteiger partial charge in [-0.05, 0) is 37.1 Å². The van der Waals surface area contributed by atoms with E-state index in [1.807, 2.05) is 24.1 Å². The maximum atomic E-state index is 13.2. The van der Waals surface area contributed by atoms with Crippen LogP contribution in [0.5, 0.6) is 0 Å². The lowest BCUT2D eigenvalue weighted by atomic mass is 9.89. The van der Waals surface area contributed by atoms with Gasteiger partial charge in [-0.15, -0.1) is 0 Å². The van der Waals surface area contributed by atoms with E-state index in [-0.39, 0.29) is 23.9 Å². The summed E-state index contributed by atoms with van der Waals surface area (Å²) in [6, 6.07) is 6.09. The van der Waals surface area contributed by atoms with Crippen LogP contribution in [0.3, 0.4) is 0 Å². The Bertz CT molecular complexity index is 781. The van der Waals surface area contributed by atoms with Crippen molar-refractivity contribution in [2.75, 3.05) is 31.1 Å². The average molecular weight is 358 g/mol. The minimum Gasteiger partial charge on any atom is -0.363 e. The molecule has 0 atom stereocenters. The number of hydrogen-bond donors (Lipinski definition) is 0. The number of nitrogens with zero attached hydrogens (tertiary/aromatic N) is 4. The molecule has 4 rings (SSSR count). The third-order valence-corrected chi connectivity index (χ3v) is 5.30. The summed E-state index contributed by atoms with van der Waals surface area (Å²) in [4.78, 5) is 20.8. The largest absolute Gasteiger partial charge is 0.363 e. The van der Waals surface area contributed by atoms with Crippen LogP contribution in [0.15, 0.2) is 36.8 Å². The molecule has 0 N–H and O–H groups in total. The lowest BCUT2D eigenvalue weighted by Gasteiger charge is -2.46. The first-order chi connectivity index (χ1) is 12.5. The summed E-state index contributed by atoms with van der Waals surface area (Å²) in [5.74, 6) is -0.370. The van der Waals surface area contributed by atoms with Crippen LogP contribution in [-0.4, -0.2) is 52.2 Å². The van der Waals surface area contributed by atoms with Crippen molar-refractivity contribution in [1.29, 1.82) is 0 Å². The van der Waals surface area contributed by atoms with E-state index in [1.54, 1.807) is 17.0 Å². The third-order valence-electron chi connectivity index (χ3n) is 5.30. The van der Waals surface area contributed by atoms with Gasteiger partial charge in [-0.2, -0.15) is 0 Å². The lowest BCUT2D eigenvalue weighted by molar-refractivity contribution is -0.145. The van der Waals surface area contributed by atoms with Gasteiger partial charge in [0.25, 0.3) is 5.91 Å². The molecule has 7 heteroatoms. The molecule has 1 aromatic carbocycles. The van der Waals surface area contributed by atoms with Crippen LogP contribution >= 0.6 is 0 Å². The molecule has 2 aliphatic rings. The van der Waals surface area contributed by atoms with Gasteiger partial charge in [-0.3, -0.25) is 9.69 Å². The van der Waals surface area contributed by atoms with E-state index < -0.39 is 0 Å². The summed E-state index contributed by atoms with van der Waals surface area (Å²) in [5, 5.41) is 0. The summed E-state index contributed by atoms with van der Waals surface area (Å²) >= 11 is 0. The molecular formula is C19H23FN4O2. The number of benzene rings is 1. The normalized spacial score (nSPS) is 20.7. The molecule has 0 bridgehead atoms. The van der Waals surface area contributed by atoms with Crippen molar-refractivity contribution in [3.63, 3.8) is 0 Å². The van der Waals surface area contributed by atoms with Gasteiger partial charge < -0.3 is 14.2 Å². The number of ether oxygens (including phenoxy) is 1. The van der Waals surface area contributed by atoms with Crippen molar-refractivity contribution in [2.45, 2.75) is 25.0 Å². The second kappa shape index (κ2) is 6.81. The maximum Gasteiger partial charge on any atom is 0.253 e. The fourth-order valence-electron chi connectivity index (χ4n) is 3.77. The molecule has 1 aromatic heterocycles. The number of aryl methyl sites for hydroxylation is 1. The van der Waals surface area contributed by atoms with Crippen molar-refractivity contribution >= 4 is 11.6 Å². The highest BCUT2D eigenvalue weighted by atomic mass is 19.1. The smallest absolute Gasteiger partial charge is 0.253 e. The molecule has 0 aliphatic carbocycles. The number of likely N-dealkylation sites (tertiary alicyclic amines) is 1.